The Hall–Kier alpha value is -2.97. The Morgan fingerprint density at radius 1 is 1.03 bits per heavy atom. The first kappa shape index (κ1) is 20.8. The average molecular weight is 442 g/mol. The highest BCUT2D eigenvalue weighted by molar-refractivity contribution is 6.39. The number of nitrogens with two attached hydrogens (primary N) is 1. The molecule has 5 nitrogen and oxygen atoms in total. The van der Waals surface area contributed by atoms with Gasteiger partial charge in [0.15, 0.2) is 0 Å². The van der Waals surface area contributed by atoms with Crippen LogP contribution in [0.2, 0.25) is 10.0 Å². The fourth-order valence-electron chi connectivity index (χ4n) is 2.26. The first-order valence-electron chi connectivity index (χ1n) is 8.00. The van der Waals surface area contributed by atoms with E-state index in [0.29, 0.717) is 23.2 Å². The molecule has 0 saturated heterocycles. The fraction of sp³-hybridized carbons (Fsp3) is 0.0526. The number of nitrogen functional groups attached to an aromatic ring is 1. The van der Waals surface area contributed by atoms with Gasteiger partial charge in [-0.2, -0.15) is 13.2 Å². The van der Waals surface area contributed by atoms with Crippen molar-refractivity contribution in [2.75, 3.05) is 11.1 Å². The van der Waals surface area contributed by atoms with Crippen LogP contribution in [0.25, 0.3) is 0 Å². The highest BCUT2D eigenvalue weighted by Gasteiger charge is 2.30. The smallest absolute Gasteiger partial charge is 0.417 e. The van der Waals surface area contributed by atoms with Crippen LogP contribution in [0.1, 0.15) is 15.9 Å². The molecule has 1 aromatic heterocycles. The van der Waals surface area contributed by atoms with Crippen molar-refractivity contribution in [3.63, 3.8) is 0 Å². The zero-order valence-corrected chi connectivity index (χ0v) is 15.9. The molecule has 1 amide bonds. The van der Waals surface area contributed by atoms with E-state index in [0.717, 1.165) is 12.1 Å². The predicted octanol–water partition coefficient (Wildman–Crippen LogP) is 6.03. The standard InChI is InChI=1S/C19H12Cl2F3N3O2/c20-14-7-12(8-15(21)17(14)25)27-18(28)10-1-4-13(5-2-10)29-16-6-3-11(9-26-16)19(22,23)24/h1-9H,25H2,(H,27,28). The van der Waals surface area contributed by atoms with Crippen molar-refractivity contribution in [2.45, 2.75) is 6.18 Å². The van der Waals surface area contributed by atoms with Gasteiger partial charge < -0.3 is 15.8 Å². The Balaban J connectivity index is 1.67. The van der Waals surface area contributed by atoms with Crippen molar-refractivity contribution in [2.24, 2.45) is 0 Å². The molecule has 0 atom stereocenters. The van der Waals surface area contributed by atoms with Crippen LogP contribution in [-0.2, 0) is 6.18 Å². The van der Waals surface area contributed by atoms with Crippen molar-refractivity contribution in [3.05, 3.63) is 75.9 Å². The Labute approximate surface area is 173 Å². The minimum atomic E-state index is -4.47. The molecule has 2 aromatic carbocycles. The molecule has 0 bridgehead atoms. The molecule has 0 unspecified atom stereocenters. The molecule has 3 rings (SSSR count). The number of carbonyl (C=O) groups is 1. The Kier molecular flexibility index (Phi) is 5.86. The van der Waals surface area contributed by atoms with E-state index >= 15 is 0 Å². The number of nitrogens with zero attached hydrogens (tertiary/aromatic N) is 1. The van der Waals surface area contributed by atoms with Gasteiger partial charge in [0, 0.05) is 23.5 Å². The van der Waals surface area contributed by atoms with Gasteiger partial charge in [0.25, 0.3) is 5.91 Å². The third-order valence-electron chi connectivity index (χ3n) is 3.74. The lowest BCUT2D eigenvalue weighted by molar-refractivity contribution is -0.137. The number of aromatic nitrogens is 1. The third-order valence-corrected chi connectivity index (χ3v) is 4.36. The number of benzene rings is 2. The van der Waals surface area contributed by atoms with E-state index < -0.39 is 17.6 Å². The summed E-state index contributed by atoms with van der Waals surface area (Å²) < 4.78 is 43.0. The summed E-state index contributed by atoms with van der Waals surface area (Å²) in [5.74, 6) is -0.144. The molecule has 0 aliphatic rings. The number of hydrogen-bond acceptors (Lipinski definition) is 4. The number of rotatable bonds is 4. The van der Waals surface area contributed by atoms with Crippen LogP contribution in [0.4, 0.5) is 24.5 Å². The summed E-state index contributed by atoms with van der Waals surface area (Å²) in [5.41, 5.74) is 5.66. The van der Waals surface area contributed by atoms with E-state index in [9.17, 15) is 18.0 Å². The number of anilines is 2. The molecule has 0 spiro atoms. The number of amides is 1. The molecule has 3 N–H and O–H groups in total. The summed E-state index contributed by atoms with van der Waals surface area (Å²) in [6.45, 7) is 0. The van der Waals surface area contributed by atoms with Crippen molar-refractivity contribution >= 4 is 40.5 Å². The van der Waals surface area contributed by atoms with Gasteiger partial charge in [-0.1, -0.05) is 23.2 Å². The van der Waals surface area contributed by atoms with Crippen LogP contribution in [0, 0.1) is 0 Å². The van der Waals surface area contributed by atoms with E-state index in [1.807, 2.05) is 0 Å². The van der Waals surface area contributed by atoms with Gasteiger partial charge in [-0.3, -0.25) is 4.79 Å². The van der Waals surface area contributed by atoms with Crippen LogP contribution in [0.3, 0.4) is 0 Å². The lowest BCUT2D eigenvalue weighted by atomic mass is 10.2. The van der Waals surface area contributed by atoms with Gasteiger partial charge in [-0.25, -0.2) is 4.98 Å². The monoisotopic (exact) mass is 441 g/mol. The second-order valence-electron chi connectivity index (χ2n) is 5.82. The minimum absolute atomic E-state index is 0.0126. The zero-order valence-electron chi connectivity index (χ0n) is 14.4. The molecule has 29 heavy (non-hydrogen) atoms. The first-order valence-corrected chi connectivity index (χ1v) is 8.76. The summed E-state index contributed by atoms with van der Waals surface area (Å²) >= 11 is 11.9. The fourth-order valence-corrected chi connectivity index (χ4v) is 2.75. The van der Waals surface area contributed by atoms with Crippen molar-refractivity contribution in [3.8, 4) is 11.6 Å². The van der Waals surface area contributed by atoms with E-state index in [4.69, 9.17) is 33.7 Å². The van der Waals surface area contributed by atoms with Crippen molar-refractivity contribution in [1.82, 2.24) is 4.98 Å². The molecular weight excluding hydrogens is 430 g/mol. The minimum Gasteiger partial charge on any atom is -0.439 e. The summed E-state index contributed by atoms with van der Waals surface area (Å²) in [4.78, 5) is 16.0. The zero-order chi connectivity index (χ0) is 21.2. The molecule has 0 aliphatic heterocycles. The summed E-state index contributed by atoms with van der Waals surface area (Å²) in [5, 5.41) is 3.05. The topological polar surface area (TPSA) is 77.2 Å². The van der Waals surface area contributed by atoms with Gasteiger partial charge >= 0.3 is 6.18 Å². The van der Waals surface area contributed by atoms with Gasteiger partial charge in [-0.05, 0) is 42.5 Å². The summed E-state index contributed by atoms with van der Waals surface area (Å²) in [7, 11) is 0. The van der Waals surface area contributed by atoms with Gasteiger partial charge in [0.05, 0.1) is 21.3 Å². The molecule has 0 saturated carbocycles. The van der Waals surface area contributed by atoms with E-state index in [1.54, 1.807) is 0 Å². The van der Waals surface area contributed by atoms with Gasteiger partial charge in [0.2, 0.25) is 5.88 Å². The number of alkyl halides is 3. The molecule has 0 aliphatic carbocycles. The predicted molar refractivity (Wildman–Crippen MR) is 105 cm³/mol. The molecule has 1 heterocycles. The molecule has 3 aromatic rings. The molecule has 150 valence electrons. The van der Waals surface area contributed by atoms with E-state index in [1.165, 1.54) is 36.4 Å². The maximum Gasteiger partial charge on any atom is 0.417 e. The SMILES string of the molecule is Nc1c(Cl)cc(NC(=O)c2ccc(Oc3ccc(C(F)(F)F)cn3)cc2)cc1Cl. The summed E-state index contributed by atoms with van der Waals surface area (Å²) in [6.07, 6.45) is -3.79. The maximum absolute atomic E-state index is 12.5. The van der Waals surface area contributed by atoms with Crippen LogP contribution < -0.4 is 15.8 Å². The van der Waals surface area contributed by atoms with Crippen LogP contribution in [0.15, 0.2) is 54.7 Å². The highest BCUT2D eigenvalue weighted by atomic mass is 35.5. The second kappa shape index (κ2) is 8.18. The van der Waals surface area contributed by atoms with Crippen LogP contribution >= 0.6 is 23.2 Å². The third kappa shape index (κ3) is 5.10. The van der Waals surface area contributed by atoms with Crippen molar-refractivity contribution < 1.29 is 22.7 Å². The van der Waals surface area contributed by atoms with Gasteiger partial charge in [0.1, 0.15) is 5.75 Å². The number of hydrogen-bond donors (Lipinski definition) is 2. The molecule has 0 fully saturated rings. The highest BCUT2D eigenvalue weighted by Crippen LogP contribution is 2.32. The maximum atomic E-state index is 12.5. The molecule has 10 heteroatoms. The number of pyridine rings is 1. The number of halogens is 5. The van der Waals surface area contributed by atoms with Crippen LogP contribution in [0.5, 0.6) is 11.6 Å². The number of carbonyl (C=O) groups excluding carboxylic acids is 1. The molecular formula is C19H12Cl2F3N3O2. The van der Waals surface area contributed by atoms with Crippen molar-refractivity contribution in [1.29, 1.82) is 0 Å². The van der Waals surface area contributed by atoms with E-state index in [-0.39, 0.29) is 21.6 Å². The average Bonchev–Trinajstić information content (AvgIpc) is 2.66. The number of nitrogens with one attached hydrogen (secondary N) is 1. The molecule has 0 radical (unpaired) electrons. The first-order chi connectivity index (χ1) is 13.6. The largest absolute Gasteiger partial charge is 0.439 e. The lowest BCUT2D eigenvalue weighted by Gasteiger charge is -2.10. The second-order valence-corrected chi connectivity index (χ2v) is 6.63. The summed E-state index contributed by atoms with van der Waals surface area (Å²) in [6, 6.07) is 10.8. The van der Waals surface area contributed by atoms with E-state index in [2.05, 4.69) is 10.3 Å². The number of ether oxygens (including phenoxy) is 1. The Morgan fingerprint density at radius 2 is 1.66 bits per heavy atom. The Bertz CT molecular complexity index is 1020. The van der Waals surface area contributed by atoms with Crippen LogP contribution in [-0.4, -0.2) is 10.9 Å². The quantitative estimate of drug-likeness (QED) is 0.484. The lowest BCUT2D eigenvalue weighted by Crippen LogP contribution is -2.12. The normalized spacial score (nSPS) is 11.2. The van der Waals surface area contributed by atoms with Gasteiger partial charge in [-0.15, -0.1) is 0 Å². The Morgan fingerprint density at radius 3 is 2.17 bits per heavy atom.